The number of carbonyl (C=O) groups is 1. The summed E-state index contributed by atoms with van der Waals surface area (Å²) in [5, 5.41) is 3.71. The van der Waals surface area contributed by atoms with Gasteiger partial charge in [0, 0.05) is 28.2 Å². The third-order valence-corrected chi connectivity index (χ3v) is 6.28. The molecular weight excluding hydrogens is 444 g/mol. The maximum atomic E-state index is 12.5. The number of nitrogens with zero attached hydrogens (tertiary/aromatic N) is 3. The number of aromatic nitrogens is 2. The maximum Gasteiger partial charge on any atom is 0.251 e. The van der Waals surface area contributed by atoms with E-state index in [9.17, 15) is 13.2 Å². The number of rotatable bonds is 4. The Bertz CT molecular complexity index is 1200. The quantitative estimate of drug-likeness (QED) is 0.645. The third kappa shape index (κ3) is 3.72. The molecule has 2 heterocycles. The lowest BCUT2D eigenvalue weighted by Crippen LogP contribution is -2.28. The summed E-state index contributed by atoms with van der Waals surface area (Å²) in [7, 11) is -3.36. The van der Waals surface area contributed by atoms with E-state index >= 15 is 0 Å². The van der Waals surface area contributed by atoms with Gasteiger partial charge in [0.2, 0.25) is 10.0 Å². The lowest BCUT2D eigenvalue weighted by atomic mass is 10.1. The zero-order valence-electron chi connectivity index (χ0n) is 15.0. The molecule has 1 aliphatic heterocycles. The maximum absolute atomic E-state index is 12.5. The van der Waals surface area contributed by atoms with Crippen molar-refractivity contribution in [2.24, 2.45) is 0 Å². The van der Waals surface area contributed by atoms with Crippen LogP contribution < -0.4 is 9.62 Å². The predicted molar refractivity (Wildman–Crippen MR) is 111 cm³/mol. The molecule has 1 aliphatic rings. The number of carbonyl (C=O) groups excluding carboxylic acids is 1. The highest BCUT2D eigenvalue weighted by molar-refractivity contribution is 9.10. The molecule has 0 unspecified atom stereocenters. The lowest BCUT2D eigenvalue weighted by Gasteiger charge is -2.17. The number of halogens is 1. The third-order valence-electron chi connectivity index (χ3n) is 4.60. The SMILES string of the molecule is CS(=O)(=O)N1CCc2ccc(C(=O)NCc3ncc4ccc(Br)cc4n3)cc21. The summed E-state index contributed by atoms with van der Waals surface area (Å²) in [5.41, 5.74) is 2.68. The Labute approximate surface area is 171 Å². The van der Waals surface area contributed by atoms with Gasteiger partial charge in [-0.05, 0) is 36.2 Å². The van der Waals surface area contributed by atoms with E-state index in [4.69, 9.17) is 0 Å². The number of hydrogen-bond donors (Lipinski definition) is 1. The molecule has 0 spiro atoms. The molecule has 0 bridgehead atoms. The smallest absolute Gasteiger partial charge is 0.251 e. The average molecular weight is 461 g/mol. The van der Waals surface area contributed by atoms with Crippen molar-refractivity contribution < 1.29 is 13.2 Å². The molecule has 28 heavy (non-hydrogen) atoms. The van der Waals surface area contributed by atoms with Crippen molar-refractivity contribution in [3.63, 3.8) is 0 Å². The molecule has 0 atom stereocenters. The molecule has 1 aromatic heterocycles. The summed E-state index contributed by atoms with van der Waals surface area (Å²) in [6.45, 7) is 0.577. The number of anilines is 1. The first-order valence-corrected chi connectivity index (χ1v) is 11.3. The molecule has 1 amide bonds. The van der Waals surface area contributed by atoms with Gasteiger partial charge in [-0.25, -0.2) is 18.4 Å². The normalized spacial score (nSPS) is 13.6. The number of sulfonamides is 1. The van der Waals surface area contributed by atoms with Crippen LogP contribution in [-0.2, 0) is 23.0 Å². The largest absolute Gasteiger partial charge is 0.345 e. The van der Waals surface area contributed by atoms with E-state index in [1.54, 1.807) is 24.4 Å². The van der Waals surface area contributed by atoms with E-state index in [0.29, 0.717) is 30.0 Å². The molecule has 0 fully saturated rings. The molecule has 0 saturated carbocycles. The molecule has 9 heteroatoms. The van der Waals surface area contributed by atoms with E-state index < -0.39 is 10.0 Å². The van der Waals surface area contributed by atoms with Gasteiger partial charge in [-0.1, -0.05) is 28.1 Å². The van der Waals surface area contributed by atoms with Crippen LogP contribution in [-0.4, -0.2) is 37.1 Å². The second kappa shape index (κ2) is 7.14. The molecule has 0 saturated heterocycles. The summed E-state index contributed by atoms with van der Waals surface area (Å²) in [5.74, 6) is 0.193. The van der Waals surface area contributed by atoms with E-state index in [1.165, 1.54) is 10.6 Å². The molecular formula is C19H17BrN4O3S. The molecule has 0 radical (unpaired) electrons. The summed E-state index contributed by atoms with van der Waals surface area (Å²) >= 11 is 3.42. The Kier molecular flexibility index (Phi) is 4.80. The van der Waals surface area contributed by atoms with Crippen LogP contribution in [0, 0.1) is 0 Å². The van der Waals surface area contributed by atoms with Crippen LogP contribution in [0.1, 0.15) is 21.7 Å². The van der Waals surface area contributed by atoms with Gasteiger partial charge in [0.1, 0.15) is 5.82 Å². The topological polar surface area (TPSA) is 92.3 Å². The molecule has 4 rings (SSSR count). The van der Waals surface area contributed by atoms with Crippen molar-refractivity contribution in [1.82, 2.24) is 15.3 Å². The summed E-state index contributed by atoms with van der Waals surface area (Å²) in [6, 6.07) is 10.9. The molecule has 144 valence electrons. The highest BCUT2D eigenvalue weighted by atomic mass is 79.9. The van der Waals surface area contributed by atoms with Gasteiger partial charge in [0.05, 0.1) is 24.0 Å². The van der Waals surface area contributed by atoms with Crippen molar-refractivity contribution in [2.45, 2.75) is 13.0 Å². The first kappa shape index (κ1) is 18.8. The van der Waals surface area contributed by atoms with Crippen LogP contribution in [0.5, 0.6) is 0 Å². The summed E-state index contributed by atoms with van der Waals surface area (Å²) in [6.07, 6.45) is 3.53. The minimum atomic E-state index is -3.36. The van der Waals surface area contributed by atoms with Crippen molar-refractivity contribution in [3.05, 3.63) is 64.0 Å². The fourth-order valence-corrected chi connectivity index (χ4v) is 4.52. The van der Waals surface area contributed by atoms with Gasteiger partial charge >= 0.3 is 0 Å². The Morgan fingerprint density at radius 2 is 2.07 bits per heavy atom. The second-order valence-corrected chi connectivity index (χ2v) is 9.42. The number of hydrogen-bond acceptors (Lipinski definition) is 5. The fraction of sp³-hybridized carbons (Fsp3) is 0.211. The number of benzene rings is 2. The molecule has 0 aliphatic carbocycles. The zero-order valence-corrected chi connectivity index (χ0v) is 17.4. The molecule has 1 N–H and O–H groups in total. The minimum absolute atomic E-state index is 0.175. The number of fused-ring (bicyclic) bond motifs is 2. The van der Waals surface area contributed by atoms with Gasteiger partial charge < -0.3 is 5.32 Å². The highest BCUT2D eigenvalue weighted by Gasteiger charge is 2.27. The number of nitrogens with one attached hydrogen (secondary N) is 1. The van der Waals surface area contributed by atoms with Gasteiger partial charge in [0.15, 0.2) is 0 Å². The lowest BCUT2D eigenvalue weighted by molar-refractivity contribution is 0.0950. The first-order valence-electron chi connectivity index (χ1n) is 8.61. The van der Waals surface area contributed by atoms with Crippen LogP contribution in [0.2, 0.25) is 0 Å². The Morgan fingerprint density at radius 1 is 1.25 bits per heavy atom. The van der Waals surface area contributed by atoms with Crippen molar-refractivity contribution in [1.29, 1.82) is 0 Å². The predicted octanol–water partition coefficient (Wildman–Crippen LogP) is 2.64. The fourth-order valence-electron chi connectivity index (χ4n) is 3.22. The van der Waals surface area contributed by atoms with E-state index in [-0.39, 0.29) is 12.5 Å². The van der Waals surface area contributed by atoms with Gasteiger partial charge in [-0.2, -0.15) is 0 Å². The van der Waals surface area contributed by atoms with E-state index in [0.717, 1.165) is 20.9 Å². The van der Waals surface area contributed by atoms with Crippen LogP contribution in [0.3, 0.4) is 0 Å². The summed E-state index contributed by atoms with van der Waals surface area (Å²) < 4.78 is 26.1. The van der Waals surface area contributed by atoms with Crippen molar-refractivity contribution in [2.75, 3.05) is 17.1 Å². The van der Waals surface area contributed by atoms with Crippen molar-refractivity contribution in [3.8, 4) is 0 Å². The Balaban J connectivity index is 1.52. The average Bonchev–Trinajstić information content (AvgIpc) is 3.09. The van der Waals surface area contributed by atoms with E-state index in [1.807, 2.05) is 18.2 Å². The van der Waals surface area contributed by atoms with Crippen molar-refractivity contribution >= 4 is 48.5 Å². The van der Waals surface area contributed by atoms with Crippen LogP contribution in [0.15, 0.2) is 47.1 Å². The Hall–Kier alpha value is -2.52. The monoisotopic (exact) mass is 460 g/mol. The van der Waals surface area contributed by atoms with Gasteiger partial charge in [-0.15, -0.1) is 0 Å². The standard InChI is InChI=1S/C19H17BrN4O3S/c1-28(26,27)24-7-6-12-2-3-13(8-17(12)24)19(25)22-11-18-21-10-14-4-5-15(20)9-16(14)23-18/h2-5,8-10H,6-7,11H2,1H3,(H,22,25). The first-order chi connectivity index (χ1) is 13.3. The van der Waals surface area contributed by atoms with Crippen LogP contribution in [0.4, 0.5) is 5.69 Å². The van der Waals surface area contributed by atoms with E-state index in [2.05, 4.69) is 31.2 Å². The Morgan fingerprint density at radius 3 is 2.86 bits per heavy atom. The van der Waals surface area contributed by atoms with Crippen LogP contribution >= 0.6 is 15.9 Å². The molecule has 3 aromatic rings. The van der Waals surface area contributed by atoms with Crippen LogP contribution in [0.25, 0.3) is 10.9 Å². The minimum Gasteiger partial charge on any atom is -0.345 e. The molecule has 7 nitrogen and oxygen atoms in total. The number of amides is 1. The summed E-state index contributed by atoms with van der Waals surface area (Å²) in [4.78, 5) is 21.3. The molecule has 2 aromatic carbocycles. The van der Waals surface area contributed by atoms with Gasteiger partial charge in [-0.3, -0.25) is 9.10 Å². The second-order valence-electron chi connectivity index (χ2n) is 6.60. The zero-order chi connectivity index (χ0) is 19.9. The highest BCUT2D eigenvalue weighted by Crippen LogP contribution is 2.30. The van der Waals surface area contributed by atoms with Gasteiger partial charge in [0.25, 0.3) is 5.91 Å².